The van der Waals surface area contributed by atoms with Crippen molar-refractivity contribution < 1.29 is 19.0 Å². The zero-order chi connectivity index (χ0) is 15.3. The van der Waals surface area contributed by atoms with Gasteiger partial charge in [-0.25, -0.2) is 9.78 Å². The lowest BCUT2D eigenvalue weighted by molar-refractivity contribution is -0.385. The minimum Gasteiger partial charge on any atom is -0.478 e. The highest BCUT2D eigenvalue weighted by molar-refractivity contribution is 7.84. The quantitative estimate of drug-likeness (QED) is 0.574. The van der Waals surface area contributed by atoms with E-state index in [-0.39, 0.29) is 23.1 Å². The SMILES string of the molecule is CC(CCS(C)=O)Nc1ncc([N+](=O)[O-])cc1C(=O)O. The molecule has 2 unspecified atom stereocenters. The Labute approximate surface area is 117 Å². The van der Waals surface area contributed by atoms with Crippen molar-refractivity contribution in [1.82, 2.24) is 4.98 Å². The van der Waals surface area contributed by atoms with Gasteiger partial charge in [0.1, 0.15) is 17.6 Å². The van der Waals surface area contributed by atoms with Gasteiger partial charge in [-0.15, -0.1) is 0 Å². The molecule has 0 amide bonds. The highest BCUT2D eigenvalue weighted by Crippen LogP contribution is 2.20. The summed E-state index contributed by atoms with van der Waals surface area (Å²) < 4.78 is 11.0. The molecule has 20 heavy (non-hydrogen) atoms. The number of hydrogen-bond acceptors (Lipinski definition) is 6. The van der Waals surface area contributed by atoms with Gasteiger partial charge in [0.05, 0.1) is 4.92 Å². The number of rotatable bonds is 7. The minimum absolute atomic E-state index is 0.0671. The fourth-order valence-corrected chi connectivity index (χ4v) is 2.17. The van der Waals surface area contributed by atoms with Crippen molar-refractivity contribution in [1.29, 1.82) is 0 Å². The number of nitrogens with zero attached hydrogens (tertiary/aromatic N) is 2. The first-order valence-corrected chi connectivity index (χ1v) is 7.48. The minimum atomic E-state index is -1.30. The normalized spacial score (nSPS) is 13.5. The monoisotopic (exact) mass is 301 g/mol. The second kappa shape index (κ2) is 6.94. The number of carboxylic acid groups (broad SMARTS) is 1. The molecule has 1 heterocycles. The van der Waals surface area contributed by atoms with E-state index < -0.39 is 21.7 Å². The molecule has 0 bridgehead atoms. The second-order valence-corrected chi connectivity index (χ2v) is 5.82. The van der Waals surface area contributed by atoms with E-state index in [0.29, 0.717) is 12.2 Å². The van der Waals surface area contributed by atoms with E-state index in [1.807, 2.05) is 0 Å². The van der Waals surface area contributed by atoms with Gasteiger partial charge in [0.2, 0.25) is 0 Å². The molecule has 8 nitrogen and oxygen atoms in total. The molecule has 0 spiro atoms. The largest absolute Gasteiger partial charge is 0.478 e. The van der Waals surface area contributed by atoms with Crippen LogP contribution < -0.4 is 5.32 Å². The zero-order valence-corrected chi connectivity index (χ0v) is 11.8. The number of aromatic nitrogens is 1. The van der Waals surface area contributed by atoms with Gasteiger partial charge in [0.15, 0.2) is 0 Å². The summed E-state index contributed by atoms with van der Waals surface area (Å²) >= 11 is 0. The Hall–Kier alpha value is -2.03. The average Bonchev–Trinajstić information content (AvgIpc) is 2.36. The van der Waals surface area contributed by atoms with Gasteiger partial charge < -0.3 is 10.4 Å². The highest BCUT2D eigenvalue weighted by atomic mass is 32.2. The number of hydrogen-bond donors (Lipinski definition) is 2. The maximum Gasteiger partial charge on any atom is 0.339 e. The lowest BCUT2D eigenvalue weighted by atomic mass is 10.2. The Morgan fingerprint density at radius 2 is 2.30 bits per heavy atom. The predicted octanol–water partition coefficient (Wildman–Crippen LogP) is 1.26. The summed E-state index contributed by atoms with van der Waals surface area (Å²) in [6, 6.07) is 0.813. The van der Waals surface area contributed by atoms with Crippen LogP contribution in [0.25, 0.3) is 0 Å². The maximum absolute atomic E-state index is 11.1. The molecule has 1 aromatic heterocycles. The van der Waals surface area contributed by atoms with Crippen LogP contribution in [-0.4, -0.2) is 43.2 Å². The predicted molar refractivity (Wildman–Crippen MR) is 74.5 cm³/mol. The van der Waals surface area contributed by atoms with Crippen LogP contribution in [-0.2, 0) is 10.8 Å². The third-order valence-electron chi connectivity index (χ3n) is 2.54. The molecular weight excluding hydrogens is 286 g/mol. The van der Waals surface area contributed by atoms with Gasteiger partial charge >= 0.3 is 5.97 Å². The number of nitro groups is 1. The van der Waals surface area contributed by atoms with Gasteiger partial charge in [-0.1, -0.05) is 0 Å². The summed E-state index contributed by atoms with van der Waals surface area (Å²) in [4.78, 5) is 24.8. The van der Waals surface area contributed by atoms with Gasteiger partial charge in [-0.2, -0.15) is 0 Å². The fraction of sp³-hybridized carbons (Fsp3) is 0.455. The molecule has 0 aliphatic carbocycles. The Kier molecular flexibility index (Phi) is 5.56. The van der Waals surface area contributed by atoms with Gasteiger partial charge in [0, 0.05) is 34.9 Å². The Bertz CT molecular complexity index is 549. The molecule has 9 heteroatoms. The third kappa shape index (κ3) is 4.57. The molecule has 0 saturated heterocycles. The van der Waals surface area contributed by atoms with Gasteiger partial charge in [0.25, 0.3) is 5.69 Å². The van der Waals surface area contributed by atoms with E-state index in [9.17, 15) is 19.1 Å². The second-order valence-electron chi connectivity index (χ2n) is 4.26. The van der Waals surface area contributed by atoms with Crippen LogP contribution in [0.5, 0.6) is 0 Å². The first-order valence-electron chi connectivity index (χ1n) is 5.75. The van der Waals surface area contributed by atoms with E-state index in [2.05, 4.69) is 10.3 Å². The maximum atomic E-state index is 11.1. The molecule has 0 radical (unpaired) electrons. The smallest absolute Gasteiger partial charge is 0.339 e. The number of carboxylic acids is 1. The molecule has 1 rings (SSSR count). The summed E-state index contributed by atoms with van der Waals surface area (Å²) in [5.41, 5.74) is -0.640. The van der Waals surface area contributed by atoms with Gasteiger partial charge in [-0.05, 0) is 13.3 Å². The Balaban J connectivity index is 2.91. The van der Waals surface area contributed by atoms with E-state index in [1.165, 1.54) is 0 Å². The van der Waals surface area contributed by atoms with Crippen molar-refractivity contribution in [2.24, 2.45) is 0 Å². The summed E-state index contributed by atoms with van der Waals surface area (Å²) in [6.07, 6.45) is 3.15. The summed E-state index contributed by atoms with van der Waals surface area (Å²) in [5, 5.41) is 22.5. The van der Waals surface area contributed by atoms with Crippen molar-refractivity contribution in [2.75, 3.05) is 17.3 Å². The molecule has 0 aromatic carbocycles. The van der Waals surface area contributed by atoms with E-state index in [4.69, 9.17) is 5.11 Å². The van der Waals surface area contributed by atoms with E-state index in [1.54, 1.807) is 13.2 Å². The molecule has 0 aliphatic rings. The molecule has 2 atom stereocenters. The van der Waals surface area contributed by atoms with Crippen molar-refractivity contribution in [3.05, 3.63) is 27.9 Å². The standard InChI is InChI=1S/C11H15N3O5S/c1-7(3-4-20(2)19)13-10-9(11(15)16)5-8(6-12-10)14(17)18/h5-7H,3-4H2,1-2H3,(H,12,13)(H,15,16). The van der Waals surface area contributed by atoms with E-state index in [0.717, 1.165) is 12.3 Å². The number of carbonyl (C=O) groups is 1. The molecule has 2 N–H and O–H groups in total. The van der Waals surface area contributed by atoms with Crippen LogP contribution in [0, 0.1) is 10.1 Å². The highest BCUT2D eigenvalue weighted by Gasteiger charge is 2.18. The summed E-state index contributed by atoms with van der Waals surface area (Å²) in [5.74, 6) is -0.753. The molecule has 0 fully saturated rings. The lowest BCUT2D eigenvalue weighted by Gasteiger charge is -2.15. The average molecular weight is 301 g/mol. The van der Waals surface area contributed by atoms with Crippen LogP contribution in [0.4, 0.5) is 11.5 Å². The topological polar surface area (TPSA) is 122 Å². The zero-order valence-electron chi connectivity index (χ0n) is 11.0. The Morgan fingerprint density at radius 3 is 2.80 bits per heavy atom. The molecule has 0 aliphatic heterocycles. The van der Waals surface area contributed by atoms with Crippen molar-refractivity contribution >= 4 is 28.3 Å². The molecular formula is C11H15N3O5S. The fourth-order valence-electron chi connectivity index (χ4n) is 1.48. The third-order valence-corrected chi connectivity index (χ3v) is 3.35. The summed E-state index contributed by atoms with van der Waals surface area (Å²) in [7, 11) is -0.934. The molecule has 1 aromatic rings. The van der Waals surface area contributed by atoms with Gasteiger partial charge in [-0.3, -0.25) is 14.3 Å². The van der Waals surface area contributed by atoms with Crippen molar-refractivity contribution in [3.63, 3.8) is 0 Å². The number of aromatic carboxylic acids is 1. The van der Waals surface area contributed by atoms with Crippen LogP contribution in [0.3, 0.4) is 0 Å². The van der Waals surface area contributed by atoms with E-state index >= 15 is 0 Å². The molecule has 0 saturated carbocycles. The van der Waals surface area contributed by atoms with Crippen LogP contribution in [0.2, 0.25) is 0 Å². The first kappa shape index (κ1) is 16.0. The van der Waals surface area contributed by atoms with Crippen LogP contribution in [0.15, 0.2) is 12.3 Å². The number of pyridine rings is 1. The van der Waals surface area contributed by atoms with Crippen LogP contribution >= 0.6 is 0 Å². The Morgan fingerprint density at radius 1 is 1.65 bits per heavy atom. The molecule has 110 valence electrons. The van der Waals surface area contributed by atoms with Crippen molar-refractivity contribution in [3.8, 4) is 0 Å². The number of nitrogens with one attached hydrogen (secondary N) is 1. The first-order chi connectivity index (χ1) is 9.31. The number of anilines is 1. The lowest BCUT2D eigenvalue weighted by Crippen LogP contribution is -2.20. The summed E-state index contributed by atoms with van der Waals surface area (Å²) in [6.45, 7) is 1.79. The van der Waals surface area contributed by atoms with Crippen LogP contribution in [0.1, 0.15) is 23.7 Å². The van der Waals surface area contributed by atoms with Crippen molar-refractivity contribution in [2.45, 2.75) is 19.4 Å².